The second kappa shape index (κ2) is 16.2. The molecule has 0 spiro atoms. The molecule has 3 atom stereocenters. The number of nitriles is 1. The van der Waals surface area contributed by atoms with Gasteiger partial charge >= 0.3 is 6.03 Å². The summed E-state index contributed by atoms with van der Waals surface area (Å²) in [6.07, 6.45) is 5.58. The van der Waals surface area contributed by atoms with Gasteiger partial charge in [-0.15, -0.1) is 0 Å². The zero-order valence-corrected chi connectivity index (χ0v) is 33.3. The Labute approximate surface area is 341 Å². The number of nitrogens with one attached hydrogen (secondary N) is 2. The van der Waals surface area contributed by atoms with Crippen LogP contribution < -0.4 is 25.3 Å². The number of amides is 6. The van der Waals surface area contributed by atoms with Gasteiger partial charge in [0.1, 0.15) is 12.1 Å². The zero-order valence-electron chi connectivity index (χ0n) is 32.6. The largest absolute Gasteiger partial charge is 0.369 e. The number of fused-ring (bicyclic) bond motifs is 1. The van der Waals surface area contributed by atoms with Crippen LogP contribution >= 0.6 is 11.6 Å². The van der Waals surface area contributed by atoms with Gasteiger partial charge in [0.05, 0.1) is 39.8 Å². The average molecular weight is 808 g/mol. The Kier molecular flexibility index (Phi) is 10.9. The van der Waals surface area contributed by atoms with E-state index in [-0.39, 0.29) is 36.5 Å². The highest BCUT2D eigenvalue weighted by Gasteiger charge is 2.45. The van der Waals surface area contributed by atoms with E-state index in [2.05, 4.69) is 53.2 Å². The van der Waals surface area contributed by atoms with Crippen molar-refractivity contribution in [1.29, 1.82) is 5.26 Å². The molecule has 4 fully saturated rings. The maximum atomic E-state index is 13.3. The van der Waals surface area contributed by atoms with Crippen LogP contribution in [0.1, 0.15) is 65.8 Å². The van der Waals surface area contributed by atoms with Crippen LogP contribution in [0.15, 0.2) is 48.8 Å². The molecule has 5 aliphatic heterocycles. The predicted molar refractivity (Wildman–Crippen MR) is 217 cm³/mol. The number of nitrogens with zero attached hydrogens (tertiary/aromatic N) is 9. The number of carbonyl (C=O) groups excluding carboxylic acids is 5. The lowest BCUT2D eigenvalue weighted by Crippen LogP contribution is -2.59. The van der Waals surface area contributed by atoms with E-state index in [9.17, 15) is 29.2 Å². The van der Waals surface area contributed by atoms with Gasteiger partial charge in [0, 0.05) is 88.8 Å². The number of halogens is 1. The summed E-state index contributed by atoms with van der Waals surface area (Å²) in [5.74, 6) is -0.803. The van der Waals surface area contributed by atoms with E-state index in [1.165, 1.54) is 0 Å². The molecule has 17 heteroatoms. The second-order valence-corrected chi connectivity index (χ2v) is 16.3. The van der Waals surface area contributed by atoms with E-state index in [1.54, 1.807) is 30.6 Å². The molecule has 6 amide bonds. The number of piperazine rings is 2. The molecule has 0 unspecified atom stereocenters. The topological polar surface area (TPSA) is 178 Å². The van der Waals surface area contributed by atoms with Crippen LogP contribution in [0.25, 0.3) is 0 Å². The fourth-order valence-electron chi connectivity index (χ4n) is 8.81. The zero-order chi connectivity index (χ0) is 40.7. The third-order valence-corrected chi connectivity index (χ3v) is 12.4. The Balaban J connectivity index is 0.777. The first kappa shape index (κ1) is 39.1. The minimum absolute atomic E-state index is 0.0395. The molecule has 58 heavy (non-hydrogen) atoms. The average Bonchev–Trinajstić information content (AvgIpc) is 3.47. The number of hydrogen-bond acceptors (Lipinski definition) is 12. The van der Waals surface area contributed by atoms with Gasteiger partial charge in [0.2, 0.25) is 17.8 Å². The third kappa shape index (κ3) is 7.76. The molecule has 0 saturated carbocycles. The van der Waals surface area contributed by atoms with Crippen LogP contribution in [0.5, 0.6) is 0 Å². The summed E-state index contributed by atoms with van der Waals surface area (Å²) in [7, 11) is 0. The van der Waals surface area contributed by atoms with Crippen molar-refractivity contribution in [3.8, 4) is 6.07 Å². The lowest BCUT2D eigenvalue weighted by atomic mass is 9.96. The van der Waals surface area contributed by atoms with E-state index in [4.69, 9.17) is 11.6 Å². The van der Waals surface area contributed by atoms with Crippen LogP contribution in [0.3, 0.4) is 0 Å². The van der Waals surface area contributed by atoms with Gasteiger partial charge in [-0.25, -0.2) is 14.8 Å². The fourth-order valence-corrected chi connectivity index (χ4v) is 9.03. The van der Waals surface area contributed by atoms with Crippen molar-refractivity contribution < 1.29 is 24.0 Å². The van der Waals surface area contributed by atoms with Gasteiger partial charge in [-0.3, -0.25) is 34.3 Å². The number of urea groups is 1. The van der Waals surface area contributed by atoms with E-state index in [0.717, 1.165) is 74.9 Å². The first-order valence-corrected chi connectivity index (χ1v) is 20.3. The first-order chi connectivity index (χ1) is 28.0. The molecule has 2 N–H and O–H groups in total. The van der Waals surface area contributed by atoms with Crippen molar-refractivity contribution >= 4 is 64.3 Å². The number of imide groups is 2. The van der Waals surface area contributed by atoms with Crippen LogP contribution in [-0.2, 0) is 9.59 Å². The van der Waals surface area contributed by atoms with Gasteiger partial charge in [0.15, 0.2) is 0 Å². The molecule has 0 aliphatic carbocycles. The predicted octanol–water partition coefficient (Wildman–Crippen LogP) is 3.57. The summed E-state index contributed by atoms with van der Waals surface area (Å²) < 4.78 is 0. The lowest BCUT2D eigenvalue weighted by molar-refractivity contribution is -0.136. The first-order valence-electron chi connectivity index (χ1n) is 19.9. The normalized spacial score (nSPS) is 23.2. The Hall–Kier alpha value is -5.79. The number of hydrogen-bond donors (Lipinski definition) is 2. The molecule has 8 rings (SSSR count). The van der Waals surface area contributed by atoms with E-state index in [0.29, 0.717) is 46.8 Å². The van der Waals surface area contributed by atoms with Crippen LogP contribution in [0, 0.1) is 17.2 Å². The molecule has 5 aliphatic rings. The quantitative estimate of drug-likeness (QED) is 0.333. The fraction of sp³-hybridized carbons (Fsp3) is 0.463. The van der Waals surface area contributed by atoms with Crippen molar-refractivity contribution in [2.24, 2.45) is 5.92 Å². The van der Waals surface area contributed by atoms with Gasteiger partial charge in [-0.1, -0.05) is 11.6 Å². The highest BCUT2D eigenvalue weighted by atomic mass is 35.5. The molecule has 0 bridgehead atoms. The van der Waals surface area contributed by atoms with E-state index < -0.39 is 29.7 Å². The molecule has 1 aromatic heterocycles. The summed E-state index contributed by atoms with van der Waals surface area (Å²) in [5, 5.41) is 14.9. The van der Waals surface area contributed by atoms with Crippen molar-refractivity contribution in [2.45, 2.75) is 57.7 Å². The Morgan fingerprint density at radius 1 is 0.862 bits per heavy atom. The van der Waals surface area contributed by atoms with E-state index in [1.807, 2.05) is 30.0 Å². The van der Waals surface area contributed by atoms with Gasteiger partial charge in [-0.05, 0) is 75.4 Å². The highest BCUT2D eigenvalue weighted by molar-refractivity contribution is 6.32. The van der Waals surface area contributed by atoms with Gasteiger partial charge in [0.25, 0.3) is 11.8 Å². The maximum absolute atomic E-state index is 13.3. The Morgan fingerprint density at radius 2 is 1.57 bits per heavy atom. The van der Waals surface area contributed by atoms with Crippen LogP contribution in [0.2, 0.25) is 5.02 Å². The minimum Gasteiger partial charge on any atom is -0.369 e. The molecule has 0 radical (unpaired) electrons. The number of anilines is 4. The number of aromatic nitrogens is 2. The molecule has 4 saturated heterocycles. The summed E-state index contributed by atoms with van der Waals surface area (Å²) in [4.78, 5) is 85.0. The van der Waals surface area contributed by atoms with Crippen molar-refractivity contribution in [2.75, 3.05) is 78.9 Å². The maximum Gasteiger partial charge on any atom is 0.322 e. The third-order valence-electron chi connectivity index (χ3n) is 12.1. The summed E-state index contributed by atoms with van der Waals surface area (Å²) in [6, 6.07) is 11.6. The smallest absolute Gasteiger partial charge is 0.322 e. The summed E-state index contributed by atoms with van der Waals surface area (Å²) >= 11 is 6.30. The van der Waals surface area contributed by atoms with E-state index >= 15 is 0 Å². The molecule has 2 aromatic carbocycles. The second-order valence-electron chi connectivity index (χ2n) is 15.9. The summed E-state index contributed by atoms with van der Waals surface area (Å²) in [5.41, 5.74) is 3.36. The number of benzene rings is 2. The minimum atomic E-state index is -0.978. The highest BCUT2D eigenvalue weighted by Crippen LogP contribution is 2.32. The molecular formula is C41H46ClN11O5. The van der Waals surface area contributed by atoms with Crippen molar-refractivity contribution in [3.05, 3.63) is 70.5 Å². The van der Waals surface area contributed by atoms with Crippen molar-refractivity contribution in [3.63, 3.8) is 0 Å². The monoisotopic (exact) mass is 807 g/mol. The molecule has 6 heterocycles. The number of rotatable bonds is 7. The van der Waals surface area contributed by atoms with Crippen LogP contribution in [0.4, 0.5) is 27.8 Å². The molecule has 302 valence electrons. The Morgan fingerprint density at radius 3 is 2.26 bits per heavy atom. The standard InChI is InChI=1S/C41H46ClN11O5/c1-25-23-52(26(2)22-51(25)31-4-3-28(19-43)34(42)18-31)41(58)46-29-20-44-40(45-21-29)50-11-9-27(10-12-50)24-48-13-15-49(16-14-48)30-5-6-32-33(17-30)39(57)53(38(32)56)35-7-8-36(54)47-37(35)55/h3-6,17-18,20-21,25-27,35H,7-16,22-24H2,1-2H3,(H,46,58)(H,47,54,55)/t25-,26+,35-/m1/s1. The SMILES string of the molecule is C[C@@H]1CN(C(=O)Nc2cnc(N3CCC(CN4CCN(c5ccc6c(c5)C(=O)N([C@@H]5CCC(=O)NC5=O)C6=O)CC4)CC3)nc2)[C@@H](C)CN1c1ccc(C#N)c(Cl)c1. The molecule has 16 nitrogen and oxygen atoms in total. The van der Waals surface area contributed by atoms with Gasteiger partial charge in [-0.2, -0.15) is 5.26 Å². The number of piperidine rings is 2. The van der Waals surface area contributed by atoms with Crippen LogP contribution in [-0.4, -0.2) is 131 Å². The summed E-state index contributed by atoms with van der Waals surface area (Å²) in [6.45, 7) is 11.2. The molecule has 3 aromatic rings. The van der Waals surface area contributed by atoms with Crippen molar-refractivity contribution in [1.82, 2.24) is 30.0 Å². The number of carbonyl (C=O) groups is 5. The van der Waals surface area contributed by atoms with Gasteiger partial charge < -0.3 is 24.9 Å². The molecular weight excluding hydrogens is 762 g/mol. The lowest BCUT2D eigenvalue weighted by Gasteiger charge is -2.45. The Bertz CT molecular complexity index is 2160.